The van der Waals surface area contributed by atoms with Gasteiger partial charge in [-0.25, -0.2) is 4.79 Å². The zero-order valence-corrected chi connectivity index (χ0v) is 11.8. The standard InChI is InChI=1S/C15H17N3O3/c1-20-12-5-3-4-10(8-12)17-15(19)18-11-6-7-14(21-2)13(16)9-11/h3-9H,16H2,1-2H3,(H2,17,18,19). The van der Waals surface area contributed by atoms with E-state index in [1.54, 1.807) is 49.6 Å². The minimum absolute atomic E-state index is 0.368. The molecule has 2 aromatic rings. The Balaban J connectivity index is 2.02. The van der Waals surface area contributed by atoms with Gasteiger partial charge in [-0.05, 0) is 30.3 Å². The third kappa shape index (κ3) is 3.79. The van der Waals surface area contributed by atoms with Crippen LogP contribution in [0.2, 0.25) is 0 Å². The van der Waals surface area contributed by atoms with Crippen molar-refractivity contribution in [2.24, 2.45) is 0 Å². The first kappa shape index (κ1) is 14.5. The van der Waals surface area contributed by atoms with Gasteiger partial charge < -0.3 is 25.8 Å². The molecule has 0 aliphatic carbocycles. The van der Waals surface area contributed by atoms with E-state index in [0.29, 0.717) is 28.6 Å². The second kappa shape index (κ2) is 6.51. The predicted molar refractivity (Wildman–Crippen MR) is 83.0 cm³/mol. The van der Waals surface area contributed by atoms with Gasteiger partial charge in [0.05, 0.1) is 19.9 Å². The van der Waals surface area contributed by atoms with Crippen molar-refractivity contribution in [3.8, 4) is 11.5 Å². The molecule has 0 spiro atoms. The van der Waals surface area contributed by atoms with Crippen LogP contribution < -0.4 is 25.8 Å². The number of nitrogen functional groups attached to an aromatic ring is 1. The number of methoxy groups -OCH3 is 2. The first-order valence-electron chi connectivity index (χ1n) is 6.28. The largest absolute Gasteiger partial charge is 0.497 e. The number of ether oxygens (including phenoxy) is 2. The molecule has 0 bridgehead atoms. The minimum Gasteiger partial charge on any atom is -0.497 e. The lowest BCUT2D eigenvalue weighted by molar-refractivity contribution is 0.262. The summed E-state index contributed by atoms with van der Waals surface area (Å²) >= 11 is 0. The highest BCUT2D eigenvalue weighted by Gasteiger charge is 2.06. The van der Waals surface area contributed by atoms with Crippen LogP contribution in [0.15, 0.2) is 42.5 Å². The van der Waals surface area contributed by atoms with Gasteiger partial charge >= 0.3 is 6.03 Å². The number of carbonyl (C=O) groups excluding carboxylic acids is 1. The first-order valence-corrected chi connectivity index (χ1v) is 6.28. The number of benzene rings is 2. The lowest BCUT2D eigenvalue weighted by Crippen LogP contribution is -2.19. The first-order chi connectivity index (χ1) is 10.1. The summed E-state index contributed by atoms with van der Waals surface area (Å²) in [6.45, 7) is 0. The van der Waals surface area contributed by atoms with Gasteiger partial charge in [-0.3, -0.25) is 0 Å². The monoisotopic (exact) mass is 287 g/mol. The number of nitrogens with one attached hydrogen (secondary N) is 2. The van der Waals surface area contributed by atoms with Crippen LogP contribution in [-0.4, -0.2) is 20.3 Å². The molecular formula is C15H17N3O3. The molecular weight excluding hydrogens is 270 g/mol. The zero-order chi connectivity index (χ0) is 15.2. The van der Waals surface area contributed by atoms with Crippen LogP contribution in [0.3, 0.4) is 0 Å². The third-order valence-electron chi connectivity index (χ3n) is 2.82. The summed E-state index contributed by atoms with van der Waals surface area (Å²) in [6.07, 6.45) is 0. The Bertz CT molecular complexity index is 644. The van der Waals surface area contributed by atoms with Crippen molar-refractivity contribution >= 4 is 23.1 Å². The number of carbonyl (C=O) groups is 1. The van der Waals surface area contributed by atoms with Gasteiger partial charge in [-0.1, -0.05) is 6.07 Å². The highest BCUT2D eigenvalue weighted by Crippen LogP contribution is 2.24. The second-order valence-corrected chi connectivity index (χ2v) is 4.27. The van der Waals surface area contributed by atoms with Crippen molar-refractivity contribution in [1.29, 1.82) is 0 Å². The SMILES string of the molecule is COc1cccc(NC(=O)Nc2ccc(OC)c(N)c2)c1. The van der Waals surface area contributed by atoms with Crippen LogP contribution in [0.4, 0.5) is 21.9 Å². The van der Waals surface area contributed by atoms with Crippen LogP contribution in [-0.2, 0) is 0 Å². The fourth-order valence-corrected chi connectivity index (χ4v) is 1.81. The Morgan fingerprint density at radius 3 is 2.33 bits per heavy atom. The van der Waals surface area contributed by atoms with Crippen LogP contribution >= 0.6 is 0 Å². The average molecular weight is 287 g/mol. The van der Waals surface area contributed by atoms with Crippen molar-refractivity contribution < 1.29 is 14.3 Å². The Labute approximate surface area is 122 Å². The van der Waals surface area contributed by atoms with E-state index in [4.69, 9.17) is 15.2 Å². The molecule has 0 heterocycles. The van der Waals surface area contributed by atoms with Gasteiger partial charge in [0.15, 0.2) is 0 Å². The summed E-state index contributed by atoms with van der Waals surface area (Å²) in [5.74, 6) is 1.23. The van der Waals surface area contributed by atoms with Crippen LogP contribution in [0.5, 0.6) is 11.5 Å². The van der Waals surface area contributed by atoms with E-state index in [-0.39, 0.29) is 6.03 Å². The predicted octanol–water partition coefficient (Wildman–Crippen LogP) is 2.93. The molecule has 2 rings (SSSR count). The van der Waals surface area contributed by atoms with E-state index in [0.717, 1.165) is 0 Å². The summed E-state index contributed by atoms with van der Waals surface area (Å²) in [7, 11) is 3.10. The van der Waals surface area contributed by atoms with E-state index in [1.807, 2.05) is 0 Å². The lowest BCUT2D eigenvalue weighted by Gasteiger charge is -2.10. The molecule has 2 amide bonds. The maximum atomic E-state index is 11.9. The van der Waals surface area contributed by atoms with E-state index < -0.39 is 0 Å². The summed E-state index contributed by atoms with van der Waals surface area (Å²) < 4.78 is 10.2. The molecule has 0 radical (unpaired) electrons. The Hall–Kier alpha value is -2.89. The Morgan fingerprint density at radius 1 is 1.00 bits per heavy atom. The minimum atomic E-state index is -0.368. The number of urea groups is 1. The molecule has 0 aromatic heterocycles. The third-order valence-corrected chi connectivity index (χ3v) is 2.82. The molecule has 0 saturated heterocycles. The van der Waals surface area contributed by atoms with Crippen LogP contribution in [0.1, 0.15) is 0 Å². The summed E-state index contributed by atoms with van der Waals surface area (Å²) in [5, 5.41) is 5.40. The molecule has 0 atom stereocenters. The highest BCUT2D eigenvalue weighted by atomic mass is 16.5. The number of rotatable bonds is 4. The number of hydrogen-bond donors (Lipinski definition) is 3. The molecule has 0 aliphatic rings. The molecule has 6 nitrogen and oxygen atoms in total. The molecule has 0 fully saturated rings. The van der Waals surface area contributed by atoms with Crippen molar-refractivity contribution in [1.82, 2.24) is 0 Å². The van der Waals surface area contributed by atoms with Gasteiger partial charge in [0, 0.05) is 17.4 Å². The number of hydrogen-bond acceptors (Lipinski definition) is 4. The molecule has 6 heteroatoms. The van der Waals surface area contributed by atoms with Gasteiger partial charge in [-0.2, -0.15) is 0 Å². The molecule has 0 aliphatic heterocycles. The van der Waals surface area contributed by atoms with Crippen molar-refractivity contribution in [2.75, 3.05) is 30.6 Å². The smallest absolute Gasteiger partial charge is 0.323 e. The van der Waals surface area contributed by atoms with Gasteiger partial charge in [0.2, 0.25) is 0 Å². The normalized spacial score (nSPS) is 9.81. The fraction of sp³-hybridized carbons (Fsp3) is 0.133. The summed E-state index contributed by atoms with van der Waals surface area (Å²) in [4.78, 5) is 11.9. The maximum absolute atomic E-state index is 11.9. The zero-order valence-electron chi connectivity index (χ0n) is 11.8. The van der Waals surface area contributed by atoms with E-state index >= 15 is 0 Å². The highest BCUT2D eigenvalue weighted by molar-refractivity contribution is 6.00. The van der Waals surface area contributed by atoms with Crippen molar-refractivity contribution in [3.63, 3.8) is 0 Å². The molecule has 110 valence electrons. The van der Waals surface area contributed by atoms with E-state index in [9.17, 15) is 4.79 Å². The number of anilines is 3. The number of nitrogens with two attached hydrogens (primary N) is 1. The van der Waals surface area contributed by atoms with Gasteiger partial charge in [0.25, 0.3) is 0 Å². The lowest BCUT2D eigenvalue weighted by atomic mass is 10.2. The topological polar surface area (TPSA) is 85.6 Å². The van der Waals surface area contributed by atoms with E-state index in [1.165, 1.54) is 7.11 Å². The molecule has 4 N–H and O–H groups in total. The fourth-order valence-electron chi connectivity index (χ4n) is 1.81. The van der Waals surface area contributed by atoms with Gasteiger partial charge in [-0.15, -0.1) is 0 Å². The molecule has 2 aromatic carbocycles. The van der Waals surface area contributed by atoms with Crippen molar-refractivity contribution in [2.45, 2.75) is 0 Å². The summed E-state index contributed by atoms with van der Waals surface area (Å²) in [6, 6.07) is 11.7. The molecule has 0 saturated carbocycles. The van der Waals surface area contributed by atoms with Crippen molar-refractivity contribution in [3.05, 3.63) is 42.5 Å². The average Bonchev–Trinajstić information content (AvgIpc) is 2.47. The van der Waals surface area contributed by atoms with E-state index in [2.05, 4.69) is 10.6 Å². The van der Waals surface area contributed by atoms with Crippen LogP contribution in [0.25, 0.3) is 0 Å². The Morgan fingerprint density at radius 2 is 1.71 bits per heavy atom. The maximum Gasteiger partial charge on any atom is 0.323 e. The molecule has 0 unspecified atom stereocenters. The number of amides is 2. The van der Waals surface area contributed by atoms with Crippen LogP contribution in [0, 0.1) is 0 Å². The second-order valence-electron chi connectivity index (χ2n) is 4.27. The quantitative estimate of drug-likeness (QED) is 0.755. The molecule has 21 heavy (non-hydrogen) atoms. The summed E-state index contributed by atoms with van der Waals surface area (Å²) in [5.41, 5.74) is 7.45. The Kier molecular flexibility index (Phi) is 4.50. The van der Waals surface area contributed by atoms with Gasteiger partial charge in [0.1, 0.15) is 11.5 Å².